The first-order valence-electron chi connectivity index (χ1n) is 12.8. The molecule has 7 heteroatoms. The van der Waals surface area contributed by atoms with E-state index < -0.39 is 11.6 Å². The van der Waals surface area contributed by atoms with E-state index in [0.29, 0.717) is 43.2 Å². The van der Waals surface area contributed by atoms with Gasteiger partial charge in [0.2, 0.25) is 5.91 Å². The second kappa shape index (κ2) is 10.7. The first-order chi connectivity index (χ1) is 17.1. The summed E-state index contributed by atoms with van der Waals surface area (Å²) in [4.78, 5) is 43.0. The molecule has 0 aliphatic carbocycles. The molecule has 0 aromatic heterocycles. The molecule has 1 N–H and O–H groups in total. The minimum absolute atomic E-state index is 0.124. The molecule has 1 saturated heterocycles. The average Bonchev–Trinajstić information content (AvgIpc) is 2.92. The summed E-state index contributed by atoms with van der Waals surface area (Å²) < 4.78 is 5.51. The standard InChI is InChI=1S/C29H37N3O4/c1-20-10-12-24-23(18-20)27(34)32(19-22-8-6-5-7-9-22)25(26(33)30-24)13-11-21-14-16-31(17-15-21)28(35)36-29(2,3)4/h5-10,12,18,21,25H,11,13-17,19H2,1-4H3,(H,30,33). The Morgan fingerprint density at radius 2 is 1.72 bits per heavy atom. The maximum absolute atomic E-state index is 13.7. The number of hydrogen-bond donors (Lipinski definition) is 1. The summed E-state index contributed by atoms with van der Waals surface area (Å²) in [7, 11) is 0. The van der Waals surface area contributed by atoms with Crippen molar-refractivity contribution in [2.75, 3.05) is 18.4 Å². The van der Waals surface area contributed by atoms with Gasteiger partial charge >= 0.3 is 6.09 Å². The Kier molecular flexibility index (Phi) is 7.67. The topological polar surface area (TPSA) is 79.0 Å². The van der Waals surface area contributed by atoms with Crippen molar-refractivity contribution in [3.63, 3.8) is 0 Å². The fourth-order valence-corrected chi connectivity index (χ4v) is 4.97. The number of amides is 3. The first kappa shape index (κ1) is 25.7. The molecule has 7 nitrogen and oxygen atoms in total. The number of fused-ring (bicyclic) bond motifs is 1. The Labute approximate surface area is 213 Å². The highest BCUT2D eigenvalue weighted by Gasteiger charge is 2.36. The third-order valence-corrected chi connectivity index (χ3v) is 6.91. The van der Waals surface area contributed by atoms with Gasteiger partial charge in [-0.15, -0.1) is 0 Å². The molecule has 192 valence electrons. The van der Waals surface area contributed by atoms with Gasteiger partial charge in [0.25, 0.3) is 5.91 Å². The highest BCUT2D eigenvalue weighted by atomic mass is 16.6. The van der Waals surface area contributed by atoms with Crippen LogP contribution < -0.4 is 5.32 Å². The predicted octanol–water partition coefficient (Wildman–Crippen LogP) is 5.39. The number of ether oxygens (including phenoxy) is 1. The number of carbonyl (C=O) groups is 3. The number of piperidine rings is 1. The van der Waals surface area contributed by atoms with Crippen LogP contribution in [-0.2, 0) is 16.1 Å². The van der Waals surface area contributed by atoms with E-state index in [1.54, 1.807) is 9.80 Å². The van der Waals surface area contributed by atoms with Crippen LogP contribution in [0.2, 0.25) is 0 Å². The number of rotatable bonds is 5. The van der Waals surface area contributed by atoms with E-state index in [0.717, 1.165) is 30.4 Å². The van der Waals surface area contributed by atoms with Gasteiger partial charge in [-0.3, -0.25) is 9.59 Å². The second-order valence-corrected chi connectivity index (χ2v) is 11.0. The smallest absolute Gasteiger partial charge is 0.410 e. The minimum Gasteiger partial charge on any atom is -0.444 e. The van der Waals surface area contributed by atoms with Crippen molar-refractivity contribution in [3.8, 4) is 0 Å². The number of aryl methyl sites for hydroxylation is 1. The van der Waals surface area contributed by atoms with Crippen molar-refractivity contribution in [1.29, 1.82) is 0 Å². The predicted molar refractivity (Wildman–Crippen MR) is 140 cm³/mol. The molecule has 36 heavy (non-hydrogen) atoms. The molecule has 2 aromatic carbocycles. The van der Waals surface area contributed by atoms with Crippen molar-refractivity contribution >= 4 is 23.6 Å². The molecule has 3 amide bonds. The number of carbonyl (C=O) groups excluding carboxylic acids is 3. The van der Waals surface area contributed by atoms with Crippen LogP contribution in [0.3, 0.4) is 0 Å². The zero-order valence-corrected chi connectivity index (χ0v) is 21.8. The summed E-state index contributed by atoms with van der Waals surface area (Å²) in [5.74, 6) is 0.117. The fourth-order valence-electron chi connectivity index (χ4n) is 4.97. The van der Waals surface area contributed by atoms with Gasteiger partial charge in [0.15, 0.2) is 0 Å². The van der Waals surface area contributed by atoms with Crippen LogP contribution in [0.25, 0.3) is 0 Å². The molecule has 2 aromatic rings. The number of nitrogens with one attached hydrogen (secondary N) is 1. The summed E-state index contributed by atoms with van der Waals surface area (Å²) >= 11 is 0. The third-order valence-electron chi connectivity index (χ3n) is 6.91. The van der Waals surface area contributed by atoms with Crippen molar-refractivity contribution in [1.82, 2.24) is 9.80 Å². The Morgan fingerprint density at radius 3 is 2.39 bits per heavy atom. The molecule has 1 unspecified atom stereocenters. The fraction of sp³-hybridized carbons (Fsp3) is 0.483. The van der Waals surface area contributed by atoms with Crippen LogP contribution >= 0.6 is 0 Å². The van der Waals surface area contributed by atoms with E-state index in [4.69, 9.17) is 4.74 Å². The van der Waals surface area contributed by atoms with Crippen LogP contribution in [0.15, 0.2) is 48.5 Å². The maximum atomic E-state index is 13.7. The van der Waals surface area contributed by atoms with Gasteiger partial charge in [0.05, 0.1) is 11.3 Å². The summed E-state index contributed by atoms with van der Waals surface area (Å²) in [5.41, 5.74) is 2.57. The summed E-state index contributed by atoms with van der Waals surface area (Å²) in [5, 5.41) is 3.01. The molecule has 2 heterocycles. The first-order valence-corrected chi connectivity index (χ1v) is 12.8. The Balaban J connectivity index is 1.46. The van der Waals surface area contributed by atoms with E-state index in [-0.39, 0.29) is 17.9 Å². The Morgan fingerprint density at radius 1 is 1.03 bits per heavy atom. The lowest BCUT2D eigenvalue weighted by atomic mass is 9.90. The lowest BCUT2D eigenvalue weighted by Crippen LogP contribution is -2.45. The van der Waals surface area contributed by atoms with Crippen molar-refractivity contribution in [3.05, 3.63) is 65.2 Å². The highest BCUT2D eigenvalue weighted by Crippen LogP contribution is 2.30. The summed E-state index contributed by atoms with van der Waals surface area (Å²) in [6, 6.07) is 14.8. The second-order valence-electron chi connectivity index (χ2n) is 11.0. The van der Waals surface area contributed by atoms with E-state index in [1.165, 1.54) is 0 Å². The molecule has 2 aliphatic heterocycles. The SMILES string of the molecule is Cc1ccc2c(c1)C(=O)N(Cc1ccccc1)C(CCC1CCN(C(=O)OC(C)(C)C)CC1)C(=O)N2. The van der Waals surface area contributed by atoms with Crippen molar-refractivity contribution in [2.24, 2.45) is 5.92 Å². The largest absolute Gasteiger partial charge is 0.444 e. The maximum Gasteiger partial charge on any atom is 0.410 e. The molecule has 0 spiro atoms. The van der Waals surface area contributed by atoms with Crippen molar-refractivity contribution in [2.45, 2.75) is 71.6 Å². The monoisotopic (exact) mass is 491 g/mol. The van der Waals surface area contributed by atoms with Gasteiger partial charge in [0.1, 0.15) is 11.6 Å². The number of hydrogen-bond acceptors (Lipinski definition) is 4. The molecular formula is C29H37N3O4. The van der Waals surface area contributed by atoms with Crippen molar-refractivity contribution < 1.29 is 19.1 Å². The zero-order chi connectivity index (χ0) is 25.9. The molecule has 2 aliphatic rings. The van der Waals surface area contributed by atoms with Gasteiger partial charge in [-0.2, -0.15) is 0 Å². The van der Waals surface area contributed by atoms with Crippen LogP contribution in [0.1, 0.15) is 67.9 Å². The van der Waals surface area contributed by atoms with E-state index in [1.807, 2.05) is 76.2 Å². The highest BCUT2D eigenvalue weighted by molar-refractivity contribution is 6.09. The number of likely N-dealkylation sites (tertiary alicyclic amines) is 1. The van der Waals surface area contributed by atoms with E-state index in [2.05, 4.69) is 5.32 Å². The van der Waals surface area contributed by atoms with E-state index >= 15 is 0 Å². The third kappa shape index (κ3) is 6.25. The summed E-state index contributed by atoms with van der Waals surface area (Å²) in [6.07, 6.45) is 2.85. The summed E-state index contributed by atoms with van der Waals surface area (Å²) in [6.45, 7) is 9.24. The number of nitrogens with zero attached hydrogens (tertiary/aromatic N) is 2. The number of benzene rings is 2. The van der Waals surface area contributed by atoms with Crippen LogP contribution in [0, 0.1) is 12.8 Å². The van der Waals surface area contributed by atoms with Gasteiger partial charge in [-0.1, -0.05) is 42.0 Å². The van der Waals surface area contributed by atoms with E-state index in [9.17, 15) is 14.4 Å². The molecule has 1 atom stereocenters. The van der Waals surface area contributed by atoms with Gasteiger partial charge < -0.3 is 19.9 Å². The Bertz CT molecular complexity index is 1100. The molecule has 0 bridgehead atoms. The van der Waals surface area contributed by atoms with Gasteiger partial charge in [-0.25, -0.2) is 4.79 Å². The molecule has 4 rings (SSSR count). The molecular weight excluding hydrogens is 454 g/mol. The normalized spacial score (nSPS) is 18.9. The average molecular weight is 492 g/mol. The minimum atomic E-state index is -0.561. The number of anilines is 1. The van der Waals surface area contributed by atoms with Crippen LogP contribution in [0.4, 0.5) is 10.5 Å². The lowest BCUT2D eigenvalue weighted by Gasteiger charge is -2.34. The lowest BCUT2D eigenvalue weighted by molar-refractivity contribution is -0.120. The zero-order valence-electron chi connectivity index (χ0n) is 21.8. The van der Waals surface area contributed by atoms with Crippen LogP contribution in [0.5, 0.6) is 0 Å². The Hall–Kier alpha value is -3.35. The molecule has 0 saturated carbocycles. The quantitative estimate of drug-likeness (QED) is 0.609. The molecule has 1 fully saturated rings. The van der Waals surface area contributed by atoms with Crippen LogP contribution in [-0.4, -0.2) is 52.4 Å². The molecule has 0 radical (unpaired) electrons. The van der Waals surface area contributed by atoms with Gasteiger partial charge in [0, 0.05) is 19.6 Å². The van der Waals surface area contributed by atoms with Gasteiger partial charge in [-0.05, 0) is 77.0 Å².